The van der Waals surface area contributed by atoms with Crippen molar-refractivity contribution in [2.75, 3.05) is 20.2 Å². The molecule has 0 unspecified atom stereocenters. The highest BCUT2D eigenvalue weighted by Crippen LogP contribution is 2.14. The Kier molecular flexibility index (Phi) is 5.20. The Morgan fingerprint density at radius 1 is 1.47 bits per heavy atom. The van der Waals surface area contributed by atoms with Gasteiger partial charge in [0.2, 0.25) is 5.91 Å². The molecule has 0 saturated heterocycles. The molecule has 1 rings (SSSR count). The minimum atomic E-state index is -0.310. The lowest BCUT2D eigenvalue weighted by Crippen LogP contribution is -2.34. The van der Waals surface area contributed by atoms with Crippen LogP contribution in [0, 0.1) is 11.8 Å². The molecular weight excluding hydrogens is 240 g/mol. The molecule has 0 saturated carbocycles. The topological polar surface area (TPSA) is 78.4 Å². The maximum Gasteiger partial charge on any atom is 0.261 e. The fourth-order valence-corrected chi connectivity index (χ4v) is 1.79. The summed E-state index contributed by atoms with van der Waals surface area (Å²) in [5.41, 5.74) is 0. The third kappa shape index (κ3) is 4.26. The number of hydrogen-bond donors (Lipinski definition) is 3. The zero-order valence-electron chi connectivity index (χ0n) is 9.24. The van der Waals surface area contributed by atoms with Crippen molar-refractivity contribution in [2.24, 2.45) is 0 Å². The van der Waals surface area contributed by atoms with E-state index in [4.69, 9.17) is 5.11 Å². The van der Waals surface area contributed by atoms with Crippen molar-refractivity contribution in [3.05, 3.63) is 21.9 Å². The van der Waals surface area contributed by atoms with Gasteiger partial charge in [-0.2, -0.15) is 0 Å². The summed E-state index contributed by atoms with van der Waals surface area (Å²) >= 11 is 1.21. The fraction of sp³-hybridized carbons (Fsp3) is 0.273. The number of aliphatic hydroxyl groups is 1. The quantitative estimate of drug-likeness (QED) is 0.639. The van der Waals surface area contributed by atoms with E-state index in [1.807, 2.05) is 0 Å². The highest BCUT2D eigenvalue weighted by molar-refractivity contribution is 7.14. The van der Waals surface area contributed by atoms with Crippen LogP contribution in [0.25, 0.3) is 0 Å². The lowest BCUT2D eigenvalue weighted by molar-refractivity contribution is -0.119. The summed E-state index contributed by atoms with van der Waals surface area (Å²) in [6.07, 6.45) is 0. The molecule has 90 valence electrons. The van der Waals surface area contributed by atoms with Crippen LogP contribution in [0.1, 0.15) is 14.5 Å². The van der Waals surface area contributed by atoms with Gasteiger partial charge in [-0.1, -0.05) is 11.8 Å². The zero-order chi connectivity index (χ0) is 12.7. The van der Waals surface area contributed by atoms with Crippen LogP contribution in [0.3, 0.4) is 0 Å². The number of likely N-dealkylation sites (N-methyl/N-ethyl adjacent to an activating group) is 1. The second-order valence-corrected chi connectivity index (χ2v) is 4.06. The summed E-state index contributed by atoms with van der Waals surface area (Å²) in [6.45, 7) is -0.263. The molecule has 0 aliphatic heterocycles. The number of aliphatic hydroxyl groups excluding tert-OH is 1. The second-order valence-electron chi connectivity index (χ2n) is 2.98. The van der Waals surface area contributed by atoms with Crippen LogP contribution in [0.4, 0.5) is 0 Å². The molecule has 5 nitrogen and oxygen atoms in total. The summed E-state index contributed by atoms with van der Waals surface area (Å²) in [7, 11) is 1.50. The minimum Gasteiger partial charge on any atom is -0.384 e. The van der Waals surface area contributed by atoms with Gasteiger partial charge in [-0.15, -0.1) is 11.3 Å². The molecule has 3 N–H and O–H groups in total. The van der Waals surface area contributed by atoms with Crippen LogP contribution in [0.2, 0.25) is 0 Å². The van der Waals surface area contributed by atoms with Crippen LogP contribution in [0.15, 0.2) is 12.1 Å². The Labute approximate surface area is 103 Å². The Hall–Kier alpha value is -1.84. The molecule has 2 amide bonds. The first-order chi connectivity index (χ1) is 8.17. The van der Waals surface area contributed by atoms with Crippen LogP contribution < -0.4 is 10.6 Å². The van der Waals surface area contributed by atoms with E-state index in [0.717, 1.165) is 0 Å². The van der Waals surface area contributed by atoms with Gasteiger partial charge in [0.15, 0.2) is 0 Å². The minimum absolute atomic E-state index is 0.0507. The van der Waals surface area contributed by atoms with Gasteiger partial charge in [-0.25, -0.2) is 0 Å². The molecule has 0 aliphatic rings. The average molecular weight is 252 g/mol. The number of rotatable bonds is 3. The summed E-state index contributed by atoms with van der Waals surface area (Å²) in [4.78, 5) is 23.7. The van der Waals surface area contributed by atoms with Crippen LogP contribution >= 0.6 is 11.3 Å². The van der Waals surface area contributed by atoms with Gasteiger partial charge in [0.05, 0.1) is 16.3 Å². The van der Waals surface area contributed by atoms with Crippen molar-refractivity contribution in [1.82, 2.24) is 10.6 Å². The lowest BCUT2D eigenvalue weighted by atomic mass is 10.4. The summed E-state index contributed by atoms with van der Waals surface area (Å²) in [5, 5.41) is 13.4. The molecule has 1 aromatic heterocycles. The molecule has 0 radical (unpaired) electrons. The first kappa shape index (κ1) is 13.2. The van der Waals surface area contributed by atoms with Gasteiger partial charge in [0, 0.05) is 7.05 Å². The monoisotopic (exact) mass is 252 g/mol. The highest BCUT2D eigenvalue weighted by Gasteiger charge is 2.09. The molecule has 1 heterocycles. The molecule has 0 spiro atoms. The highest BCUT2D eigenvalue weighted by atomic mass is 32.1. The number of hydrogen-bond acceptors (Lipinski definition) is 4. The predicted octanol–water partition coefficient (Wildman–Crippen LogP) is -0.432. The molecule has 17 heavy (non-hydrogen) atoms. The summed E-state index contributed by atoms with van der Waals surface area (Å²) < 4.78 is 0. The maximum atomic E-state index is 11.6. The van der Waals surface area contributed by atoms with Gasteiger partial charge in [-0.05, 0) is 12.1 Å². The molecule has 0 aromatic carbocycles. The van der Waals surface area contributed by atoms with E-state index in [2.05, 4.69) is 22.5 Å². The Morgan fingerprint density at radius 3 is 2.88 bits per heavy atom. The summed E-state index contributed by atoms with van der Waals surface area (Å²) in [6, 6.07) is 3.33. The van der Waals surface area contributed by atoms with E-state index in [1.165, 1.54) is 18.4 Å². The van der Waals surface area contributed by atoms with Gasteiger partial charge in [0.25, 0.3) is 5.91 Å². The van der Waals surface area contributed by atoms with Gasteiger partial charge < -0.3 is 15.7 Å². The molecule has 0 fully saturated rings. The number of amides is 2. The van der Waals surface area contributed by atoms with Gasteiger partial charge >= 0.3 is 0 Å². The molecule has 1 aromatic rings. The van der Waals surface area contributed by atoms with E-state index in [-0.39, 0.29) is 25.0 Å². The van der Waals surface area contributed by atoms with Gasteiger partial charge in [-0.3, -0.25) is 9.59 Å². The third-order valence-electron chi connectivity index (χ3n) is 1.81. The number of thiophene rings is 1. The van der Waals surface area contributed by atoms with E-state index >= 15 is 0 Å². The van der Waals surface area contributed by atoms with Crippen molar-refractivity contribution in [2.45, 2.75) is 0 Å². The van der Waals surface area contributed by atoms with Crippen LogP contribution in [-0.2, 0) is 4.79 Å². The zero-order valence-corrected chi connectivity index (χ0v) is 10.1. The average Bonchev–Trinajstić information content (AvgIpc) is 2.81. The molecule has 0 bridgehead atoms. The largest absolute Gasteiger partial charge is 0.384 e. The second kappa shape index (κ2) is 6.68. The summed E-state index contributed by atoms with van der Waals surface area (Å²) in [5.74, 6) is 4.64. The lowest BCUT2D eigenvalue weighted by Gasteiger charge is -2.01. The van der Waals surface area contributed by atoms with Crippen LogP contribution in [-0.4, -0.2) is 37.1 Å². The predicted molar refractivity (Wildman–Crippen MR) is 64.7 cm³/mol. The van der Waals surface area contributed by atoms with E-state index in [0.29, 0.717) is 9.75 Å². The maximum absolute atomic E-state index is 11.6. The fourth-order valence-electron chi connectivity index (χ4n) is 0.990. The Bertz CT molecular complexity index is 471. The third-order valence-corrected chi connectivity index (χ3v) is 2.81. The van der Waals surface area contributed by atoms with E-state index < -0.39 is 0 Å². The van der Waals surface area contributed by atoms with E-state index in [1.54, 1.807) is 12.1 Å². The molecule has 6 heteroatoms. The Balaban J connectivity index is 2.58. The van der Waals surface area contributed by atoms with Crippen molar-refractivity contribution >= 4 is 23.2 Å². The molecular formula is C11H12N2O3S. The van der Waals surface area contributed by atoms with Gasteiger partial charge in [0.1, 0.15) is 6.61 Å². The van der Waals surface area contributed by atoms with Crippen molar-refractivity contribution in [3.8, 4) is 11.8 Å². The SMILES string of the molecule is CNC(=O)CNC(=O)c1ccc(C#CCO)s1. The smallest absolute Gasteiger partial charge is 0.261 e. The van der Waals surface area contributed by atoms with E-state index in [9.17, 15) is 9.59 Å². The number of carbonyl (C=O) groups excluding carboxylic acids is 2. The first-order valence-electron chi connectivity index (χ1n) is 4.85. The first-order valence-corrected chi connectivity index (χ1v) is 5.67. The number of nitrogens with one attached hydrogen (secondary N) is 2. The van der Waals surface area contributed by atoms with Crippen molar-refractivity contribution < 1.29 is 14.7 Å². The van der Waals surface area contributed by atoms with Crippen molar-refractivity contribution in [3.63, 3.8) is 0 Å². The standard InChI is InChI=1S/C11H12N2O3S/c1-12-10(15)7-13-11(16)9-5-4-8(17-9)3-2-6-14/h4-5,14H,6-7H2,1H3,(H,12,15)(H,13,16). The molecule has 0 aliphatic carbocycles. The normalized spacial score (nSPS) is 9.06. The Morgan fingerprint density at radius 2 is 2.24 bits per heavy atom. The number of carbonyl (C=O) groups is 2. The van der Waals surface area contributed by atoms with Crippen LogP contribution in [0.5, 0.6) is 0 Å². The molecule has 0 atom stereocenters. The van der Waals surface area contributed by atoms with Crippen molar-refractivity contribution in [1.29, 1.82) is 0 Å².